The quantitative estimate of drug-likeness (QED) is 0.706. The van der Waals surface area contributed by atoms with Gasteiger partial charge in [0.05, 0.1) is 6.34 Å². The maximum atomic E-state index is 4.31. The van der Waals surface area contributed by atoms with Crippen LogP contribution in [0.15, 0.2) is 16.8 Å². The molecule has 1 atom stereocenters. The second-order valence-corrected chi connectivity index (χ2v) is 3.92. The van der Waals surface area contributed by atoms with E-state index in [0.29, 0.717) is 12.0 Å². The molecule has 1 N–H and O–H groups in total. The van der Waals surface area contributed by atoms with Crippen molar-refractivity contribution in [3.05, 3.63) is 11.8 Å². The van der Waals surface area contributed by atoms with E-state index in [1.165, 1.54) is 25.0 Å². The summed E-state index contributed by atoms with van der Waals surface area (Å²) in [5, 5.41) is 3.27. The average Bonchev–Trinajstić information content (AvgIpc) is 2.15. The Morgan fingerprint density at radius 3 is 2.92 bits per heavy atom. The highest BCUT2D eigenvalue weighted by Crippen LogP contribution is 2.15. The lowest BCUT2D eigenvalue weighted by molar-refractivity contribution is 0.595. The molecule has 74 valence electrons. The topological polar surface area (TPSA) is 24.4 Å². The standard InChI is InChI=1S/C11H20N2/c1-4-5-6-10-7-11(9(2)3)13-8-12-10/h7-10H,4-6H2,1-3H3,(H,12,13). The van der Waals surface area contributed by atoms with Gasteiger partial charge in [0.2, 0.25) is 0 Å². The van der Waals surface area contributed by atoms with Crippen molar-refractivity contribution in [2.24, 2.45) is 10.9 Å². The number of hydrogen-bond acceptors (Lipinski definition) is 2. The summed E-state index contributed by atoms with van der Waals surface area (Å²) in [6.45, 7) is 6.60. The lowest BCUT2D eigenvalue weighted by Crippen LogP contribution is -2.29. The summed E-state index contributed by atoms with van der Waals surface area (Å²) in [6, 6.07) is 0.509. The Morgan fingerprint density at radius 2 is 2.31 bits per heavy atom. The summed E-state index contributed by atoms with van der Waals surface area (Å²) >= 11 is 0. The maximum absolute atomic E-state index is 4.31. The molecule has 1 rings (SSSR count). The highest BCUT2D eigenvalue weighted by atomic mass is 15.0. The second kappa shape index (κ2) is 5.05. The molecular weight excluding hydrogens is 160 g/mol. The number of aliphatic imine (C=N–C) groups is 1. The zero-order valence-corrected chi connectivity index (χ0v) is 8.88. The lowest BCUT2D eigenvalue weighted by Gasteiger charge is -2.19. The third-order valence-corrected chi connectivity index (χ3v) is 2.33. The smallest absolute Gasteiger partial charge is 0.0886 e. The molecule has 0 amide bonds. The van der Waals surface area contributed by atoms with Gasteiger partial charge in [-0.05, 0) is 18.4 Å². The Kier molecular flexibility index (Phi) is 4.00. The fraction of sp³-hybridized carbons (Fsp3) is 0.727. The molecule has 0 saturated carbocycles. The molecule has 1 heterocycles. The summed E-state index contributed by atoms with van der Waals surface area (Å²) in [5.41, 5.74) is 1.22. The SMILES string of the molecule is CCCCC1C=C(C(C)C)N=CN1. The van der Waals surface area contributed by atoms with Crippen molar-refractivity contribution >= 4 is 6.34 Å². The van der Waals surface area contributed by atoms with Gasteiger partial charge in [-0.3, -0.25) is 0 Å². The molecule has 0 aromatic heterocycles. The normalized spacial score (nSPS) is 21.5. The fourth-order valence-electron chi connectivity index (χ4n) is 1.44. The van der Waals surface area contributed by atoms with Crippen LogP contribution in [0.25, 0.3) is 0 Å². The van der Waals surface area contributed by atoms with Crippen LogP contribution in [-0.2, 0) is 0 Å². The van der Waals surface area contributed by atoms with Gasteiger partial charge in [-0.25, -0.2) is 4.99 Å². The van der Waals surface area contributed by atoms with Gasteiger partial charge in [-0.1, -0.05) is 33.6 Å². The molecule has 1 unspecified atom stereocenters. The van der Waals surface area contributed by atoms with Gasteiger partial charge in [0.1, 0.15) is 0 Å². The monoisotopic (exact) mass is 180 g/mol. The molecule has 2 heteroatoms. The minimum Gasteiger partial charge on any atom is -0.370 e. The molecule has 0 aliphatic carbocycles. The van der Waals surface area contributed by atoms with Gasteiger partial charge in [0.15, 0.2) is 0 Å². The van der Waals surface area contributed by atoms with Crippen LogP contribution in [0.4, 0.5) is 0 Å². The molecule has 2 nitrogen and oxygen atoms in total. The van der Waals surface area contributed by atoms with Crippen molar-refractivity contribution in [3.8, 4) is 0 Å². The molecule has 0 saturated heterocycles. The summed E-state index contributed by atoms with van der Waals surface area (Å²) in [5.74, 6) is 0.544. The van der Waals surface area contributed by atoms with Gasteiger partial charge < -0.3 is 5.32 Å². The van der Waals surface area contributed by atoms with E-state index in [-0.39, 0.29) is 0 Å². The summed E-state index contributed by atoms with van der Waals surface area (Å²) in [7, 11) is 0. The summed E-state index contributed by atoms with van der Waals surface area (Å²) in [6.07, 6.45) is 7.88. The highest BCUT2D eigenvalue weighted by Gasteiger charge is 2.10. The molecule has 0 radical (unpaired) electrons. The predicted molar refractivity (Wildman–Crippen MR) is 57.9 cm³/mol. The van der Waals surface area contributed by atoms with Crippen LogP contribution in [0, 0.1) is 5.92 Å². The number of nitrogens with one attached hydrogen (secondary N) is 1. The van der Waals surface area contributed by atoms with E-state index in [4.69, 9.17) is 0 Å². The fourth-order valence-corrected chi connectivity index (χ4v) is 1.44. The number of allylic oxidation sites excluding steroid dienone is 1. The zero-order valence-electron chi connectivity index (χ0n) is 8.88. The first-order valence-electron chi connectivity index (χ1n) is 5.24. The Bertz CT molecular complexity index is 204. The molecule has 1 aliphatic rings. The van der Waals surface area contributed by atoms with Crippen molar-refractivity contribution in [2.75, 3.05) is 0 Å². The average molecular weight is 180 g/mol. The molecule has 0 fully saturated rings. The van der Waals surface area contributed by atoms with Gasteiger partial charge in [-0.15, -0.1) is 0 Å². The third-order valence-electron chi connectivity index (χ3n) is 2.33. The van der Waals surface area contributed by atoms with Crippen molar-refractivity contribution < 1.29 is 0 Å². The first-order chi connectivity index (χ1) is 6.24. The Morgan fingerprint density at radius 1 is 1.54 bits per heavy atom. The van der Waals surface area contributed by atoms with E-state index in [0.717, 1.165) is 0 Å². The van der Waals surface area contributed by atoms with Crippen molar-refractivity contribution in [2.45, 2.75) is 46.1 Å². The minimum atomic E-state index is 0.509. The van der Waals surface area contributed by atoms with Crippen LogP contribution in [0.3, 0.4) is 0 Å². The van der Waals surface area contributed by atoms with Gasteiger partial charge in [0.25, 0.3) is 0 Å². The van der Waals surface area contributed by atoms with Crippen LogP contribution in [0.2, 0.25) is 0 Å². The first-order valence-corrected chi connectivity index (χ1v) is 5.24. The molecule has 0 aromatic carbocycles. The van der Waals surface area contributed by atoms with Gasteiger partial charge in [-0.2, -0.15) is 0 Å². The van der Waals surface area contributed by atoms with E-state index in [9.17, 15) is 0 Å². The number of hydrogen-bond donors (Lipinski definition) is 1. The molecule has 13 heavy (non-hydrogen) atoms. The van der Waals surface area contributed by atoms with Crippen molar-refractivity contribution in [1.29, 1.82) is 0 Å². The largest absolute Gasteiger partial charge is 0.370 e. The zero-order chi connectivity index (χ0) is 9.68. The number of rotatable bonds is 4. The molecule has 0 bridgehead atoms. The maximum Gasteiger partial charge on any atom is 0.0886 e. The molecular formula is C11H20N2. The van der Waals surface area contributed by atoms with E-state index in [2.05, 4.69) is 37.2 Å². The Hall–Kier alpha value is -0.790. The van der Waals surface area contributed by atoms with Gasteiger partial charge in [0, 0.05) is 11.7 Å². The van der Waals surface area contributed by atoms with Gasteiger partial charge >= 0.3 is 0 Å². The second-order valence-electron chi connectivity index (χ2n) is 3.92. The molecule has 1 aliphatic heterocycles. The molecule has 0 spiro atoms. The van der Waals surface area contributed by atoms with E-state index >= 15 is 0 Å². The van der Waals surface area contributed by atoms with Crippen molar-refractivity contribution in [3.63, 3.8) is 0 Å². The highest BCUT2D eigenvalue weighted by molar-refractivity contribution is 5.59. The predicted octanol–water partition coefficient (Wildman–Crippen LogP) is 2.72. The number of nitrogens with zero attached hydrogens (tertiary/aromatic N) is 1. The minimum absolute atomic E-state index is 0.509. The van der Waals surface area contributed by atoms with E-state index < -0.39 is 0 Å². The Balaban J connectivity index is 2.46. The molecule has 0 aromatic rings. The Labute approximate surface area is 81.1 Å². The van der Waals surface area contributed by atoms with Crippen LogP contribution in [0.1, 0.15) is 40.0 Å². The van der Waals surface area contributed by atoms with Crippen LogP contribution < -0.4 is 5.32 Å². The third kappa shape index (κ3) is 3.21. The summed E-state index contributed by atoms with van der Waals surface area (Å²) in [4.78, 5) is 4.31. The van der Waals surface area contributed by atoms with E-state index in [1.807, 2.05) is 6.34 Å². The van der Waals surface area contributed by atoms with Crippen molar-refractivity contribution in [1.82, 2.24) is 5.32 Å². The van der Waals surface area contributed by atoms with Crippen LogP contribution in [0.5, 0.6) is 0 Å². The summed E-state index contributed by atoms with van der Waals surface area (Å²) < 4.78 is 0. The van der Waals surface area contributed by atoms with Crippen LogP contribution in [-0.4, -0.2) is 12.4 Å². The van der Waals surface area contributed by atoms with E-state index in [1.54, 1.807) is 0 Å². The number of unbranched alkanes of at least 4 members (excludes halogenated alkanes) is 1. The van der Waals surface area contributed by atoms with Crippen LogP contribution >= 0.6 is 0 Å². The lowest BCUT2D eigenvalue weighted by atomic mass is 10.0. The first kappa shape index (κ1) is 10.3.